The van der Waals surface area contributed by atoms with Gasteiger partial charge in [-0.15, -0.1) is 5.10 Å². The maximum atomic E-state index is 5.40. The molecule has 0 spiro atoms. The maximum Gasteiger partial charge on any atom is 0.239 e. The summed E-state index contributed by atoms with van der Waals surface area (Å²) in [4.78, 5) is 3.87. The second kappa shape index (κ2) is 3.56. The van der Waals surface area contributed by atoms with Gasteiger partial charge in [0.1, 0.15) is 6.33 Å². The van der Waals surface area contributed by atoms with Gasteiger partial charge >= 0.3 is 0 Å². The normalized spacial score (nSPS) is 13.7. The molecule has 4 heteroatoms. The third-order valence-corrected chi connectivity index (χ3v) is 1.79. The monoisotopic (exact) mass is 168 g/mol. The van der Waals surface area contributed by atoms with Gasteiger partial charge in [0.05, 0.1) is 6.04 Å². The predicted molar refractivity (Wildman–Crippen MR) is 48.6 cm³/mol. The number of nitrogens with zero attached hydrogens (tertiary/aromatic N) is 3. The first-order valence-electron chi connectivity index (χ1n) is 4.26. The Labute approximate surface area is 72.8 Å². The van der Waals surface area contributed by atoms with Crippen LogP contribution >= 0.6 is 0 Å². The summed E-state index contributed by atoms with van der Waals surface area (Å²) in [5.41, 5.74) is 5.40. The van der Waals surface area contributed by atoms with E-state index in [1.807, 2.05) is 4.68 Å². The Kier molecular flexibility index (Phi) is 2.68. The molecule has 0 amide bonds. The van der Waals surface area contributed by atoms with Crippen molar-refractivity contribution in [1.82, 2.24) is 14.8 Å². The van der Waals surface area contributed by atoms with Crippen molar-refractivity contribution in [2.75, 3.05) is 5.73 Å². The molecule has 2 N–H and O–H groups in total. The molecule has 12 heavy (non-hydrogen) atoms. The lowest BCUT2D eigenvalue weighted by molar-refractivity contribution is 0.398. The first-order chi connectivity index (χ1) is 5.59. The van der Waals surface area contributed by atoms with Crippen LogP contribution in [-0.2, 0) is 0 Å². The van der Waals surface area contributed by atoms with Gasteiger partial charge in [-0.05, 0) is 19.3 Å². The van der Waals surface area contributed by atoms with Crippen LogP contribution in [0.4, 0.5) is 5.95 Å². The van der Waals surface area contributed by atoms with Crippen molar-refractivity contribution in [2.45, 2.75) is 33.2 Å². The lowest BCUT2D eigenvalue weighted by Gasteiger charge is -2.12. The second-order valence-corrected chi connectivity index (χ2v) is 3.56. The molecule has 0 saturated carbocycles. The lowest BCUT2D eigenvalue weighted by Crippen LogP contribution is -2.08. The van der Waals surface area contributed by atoms with Gasteiger partial charge < -0.3 is 5.73 Å². The Bertz CT molecular complexity index is 241. The van der Waals surface area contributed by atoms with Crippen molar-refractivity contribution in [1.29, 1.82) is 0 Å². The SMILES string of the molecule is CC(C)CC(C)n1cnc(N)n1. The highest BCUT2D eigenvalue weighted by Gasteiger charge is 2.07. The van der Waals surface area contributed by atoms with Crippen LogP contribution < -0.4 is 5.73 Å². The molecule has 0 saturated heterocycles. The highest BCUT2D eigenvalue weighted by atomic mass is 15.4. The Morgan fingerprint density at radius 3 is 2.58 bits per heavy atom. The Morgan fingerprint density at radius 2 is 2.17 bits per heavy atom. The van der Waals surface area contributed by atoms with E-state index in [1.54, 1.807) is 6.33 Å². The summed E-state index contributed by atoms with van der Waals surface area (Å²) < 4.78 is 1.81. The van der Waals surface area contributed by atoms with E-state index < -0.39 is 0 Å². The molecule has 0 fully saturated rings. The highest BCUT2D eigenvalue weighted by Crippen LogP contribution is 2.15. The van der Waals surface area contributed by atoms with E-state index in [0.29, 0.717) is 17.9 Å². The molecule has 1 aromatic rings. The number of aromatic nitrogens is 3. The van der Waals surface area contributed by atoms with E-state index >= 15 is 0 Å². The van der Waals surface area contributed by atoms with E-state index in [1.165, 1.54) is 0 Å². The van der Waals surface area contributed by atoms with Crippen LogP contribution in [-0.4, -0.2) is 14.8 Å². The minimum atomic E-state index is 0.352. The fourth-order valence-electron chi connectivity index (χ4n) is 1.29. The molecule has 1 rings (SSSR count). The highest BCUT2D eigenvalue weighted by molar-refractivity contribution is 5.09. The number of nitrogens with two attached hydrogens (primary N) is 1. The van der Waals surface area contributed by atoms with Crippen molar-refractivity contribution in [3.63, 3.8) is 0 Å². The lowest BCUT2D eigenvalue weighted by atomic mass is 10.1. The van der Waals surface area contributed by atoms with Gasteiger partial charge in [-0.1, -0.05) is 13.8 Å². The molecule has 1 unspecified atom stereocenters. The van der Waals surface area contributed by atoms with Crippen LogP contribution in [0.25, 0.3) is 0 Å². The molecule has 4 nitrogen and oxygen atoms in total. The van der Waals surface area contributed by atoms with Gasteiger partial charge in [-0.2, -0.15) is 0 Å². The molecule has 68 valence electrons. The summed E-state index contributed by atoms with van der Waals surface area (Å²) in [6, 6.07) is 0.384. The summed E-state index contributed by atoms with van der Waals surface area (Å²) in [5, 5.41) is 4.05. The molecule has 0 radical (unpaired) electrons. The van der Waals surface area contributed by atoms with Crippen molar-refractivity contribution in [3.05, 3.63) is 6.33 Å². The summed E-state index contributed by atoms with van der Waals surface area (Å²) >= 11 is 0. The van der Waals surface area contributed by atoms with Crippen LogP contribution in [0.3, 0.4) is 0 Å². The van der Waals surface area contributed by atoms with Crippen molar-refractivity contribution >= 4 is 5.95 Å². The van der Waals surface area contributed by atoms with Gasteiger partial charge in [-0.25, -0.2) is 9.67 Å². The summed E-state index contributed by atoms with van der Waals surface area (Å²) in [7, 11) is 0. The number of hydrogen-bond acceptors (Lipinski definition) is 3. The summed E-state index contributed by atoms with van der Waals surface area (Å²) in [6.07, 6.45) is 2.78. The van der Waals surface area contributed by atoms with Crippen LogP contribution in [0, 0.1) is 5.92 Å². The zero-order chi connectivity index (χ0) is 9.14. The largest absolute Gasteiger partial charge is 0.367 e. The van der Waals surface area contributed by atoms with Crippen LogP contribution in [0.1, 0.15) is 33.2 Å². The average molecular weight is 168 g/mol. The summed E-state index contributed by atoms with van der Waals surface area (Å²) in [6.45, 7) is 6.50. The molecule has 1 atom stereocenters. The quantitative estimate of drug-likeness (QED) is 0.743. The predicted octanol–water partition coefficient (Wildman–Crippen LogP) is 1.47. The Balaban J connectivity index is 2.58. The number of rotatable bonds is 3. The van der Waals surface area contributed by atoms with E-state index in [0.717, 1.165) is 6.42 Å². The van der Waals surface area contributed by atoms with Crippen molar-refractivity contribution < 1.29 is 0 Å². The smallest absolute Gasteiger partial charge is 0.239 e. The van der Waals surface area contributed by atoms with Crippen LogP contribution in [0.15, 0.2) is 6.33 Å². The molecule has 0 bridgehead atoms. The molecule has 1 aromatic heterocycles. The van der Waals surface area contributed by atoms with Gasteiger partial charge in [0.2, 0.25) is 5.95 Å². The zero-order valence-electron chi connectivity index (χ0n) is 7.86. The maximum absolute atomic E-state index is 5.40. The third-order valence-electron chi connectivity index (χ3n) is 1.79. The molecular formula is C8H16N4. The fraction of sp³-hybridized carbons (Fsp3) is 0.750. The Morgan fingerprint density at radius 1 is 1.50 bits per heavy atom. The minimum Gasteiger partial charge on any atom is -0.367 e. The zero-order valence-corrected chi connectivity index (χ0v) is 7.86. The standard InChI is InChI=1S/C8H16N4/c1-6(2)4-7(3)12-5-10-8(9)11-12/h5-7H,4H2,1-3H3,(H2,9,11). The first kappa shape index (κ1) is 9.03. The van der Waals surface area contributed by atoms with E-state index in [9.17, 15) is 0 Å². The number of anilines is 1. The van der Waals surface area contributed by atoms with Gasteiger partial charge in [-0.3, -0.25) is 0 Å². The summed E-state index contributed by atoms with van der Waals surface area (Å²) in [5.74, 6) is 1.02. The van der Waals surface area contributed by atoms with E-state index in [2.05, 4.69) is 30.9 Å². The molecule has 0 aromatic carbocycles. The second-order valence-electron chi connectivity index (χ2n) is 3.56. The Hall–Kier alpha value is -1.06. The molecule has 1 heterocycles. The van der Waals surface area contributed by atoms with Crippen LogP contribution in [0.5, 0.6) is 0 Å². The van der Waals surface area contributed by atoms with E-state index in [-0.39, 0.29) is 0 Å². The van der Waals surface area contributed by atoms with Gasteiger partial charge in [0.15, 0.2) is 0 Å². The number of hydrogen-bond donors (Lipinski definition) is 1. The van der Waals surface area contributed by atoms with Crippen molar-refractivity contribution in [3.8, 4) is 0 Å². The topological polar surface area (TPSA) is 56.7 Å². The fourth-order valence-corrected chi connectivity index (χ4v) is 1.29. The van der Waals surface area contributed by atoms with Gasteiger partial charge in [0.25, 0.3) is 0 Å². The molecule has 0 aliphatic carbocycles. The van der Waals surface area contributed by atoms with Crippen molar-refractivity contribution in [2.24, 2.45) is 5.92 Å². The third kappa shape index (κ3) is 2.22. The van der Waals surface area contributed by atoms with Gasteiger partial charge in [0, 0.05) is 0 Å². The first-order valence-corrected chi connectivity index (χ1v) is 4.26. The molecule has 0 aliphatic heterocycles. The number of nitrogen functional groups attached to an aromatic ring is 1. The average Bonchev–Trinajstić information content (AvgIpc) is 2.34. The molecule has 0 aliphatic rings. The van der Waals surface area contributed by atoms with Crippen LogP contribution in [0.2, 0.25) is 0 Å². The molecular weight excluding hydrogens is 152 g/mol. The minimum absolute atomic E-state index is 0.352. The van der Waals surface area contributed by atoms with E-state index in [4.69, 9.17) is 5.73 Å².